The molecule has 24 heavy (non-hydrogen) atoms. The van der Waals surface area contributed by atoms with Crippen LogP contribution in [0.2, 0.25) is 0 Å². The van der Waals surface area contributed by atoms with E-state index in [0.29, 0.717) is 17.0 Å². The molecule has 2 aromatic carbocycles. The quantitative estimate of drug-likeness (QED) is 0.405. The number of benzene rings is 2. The fourth-order valence-corrected chi connectivity index (χ4v) is 2.37. The molecule has 0 saturated heterocycles. The molecule has 1 aromatic heterocycles. The lowest BCUT2D eigenvalue weighted by molar-refractivity contribution is 0.0956. The fourth-order valence-electron chi connectivity index (χ4n) is 2.11. The first kappa shape index (κ1) is 16.0. The average molecular weight is 384 g/mol. The van der Waals surface area contributed by atoms with Crippen molar-refractivity contribution in [3.8, 4) is 11.3 Å². The van der Waals surface area contributed by atoms with E-state index >= 15 is 0 Å². The van der Waals surface area contributed by atoms with E-state index in [2.05, 4.69) is 26.5 Å². The maximum Gasteiger partial charge on any atom is 0.273 e. The van der Waals surface area contributed by atoms with Crippen LogP contribution in [0, 0.1) is 0 Å². The van der Waals surface area contributed by atoms with Crippen molar-refractivity contribution in [2.45, 2.75) is 0 Å². The van der Waals surface area contributed by atoms with E-state index in [1.807, 2.05) is 30.3 Å². The van der Waals surface area contributed by atoms with E-state index in [0.717, 1.165) is 15.8 Å². The van der Waals surface area contributed by atoms with Gasteiger partial charge in [0.2, 0.25) is 0 Å². The lowest BCUT2D eigenvalue weighted by Gasteiger charge is -2.02. The summed E-state index contributed by atoms with van der Waals surface area (Å²) in [5.41, 5.74) is 9.92. The fraction of sp³-hybridized carbons (Fsp3) is 0. The first-order valence-electron chi connectivity index (χ1n) is 7.17. The number of halogens is 1. The van der Waals surface area contributed by atoms with Crippen LogP contribution in [0.15, 0.2) is 74.7 Å². The van der Waals surface area contributed by atoms with Gasteiger partial charge in [-0.2, -0.15) is 5.10 Å². The first-order valence-corrected chi connectivity index (χ1v) is 7.96. The van der Waals surface area contributed by atoms with Crippen LogP contribution in [0.4, 0.5) is 5.69 Å². The molecule has 0 fully saturated rings. The lowest BCUT2D eigenvalue weighted by Crippen LogP contribution is -2.18. The van der Waals surface area contributed by atoms with Crippen LogP contribution in [0.5, 0.6) is 0 Å². The monoisotopic (exact) mass is 383 g/mol. The van der Waals surface area contributed by atoms with Gasteiger partial charge in [0, 0.05) is 15.7 Å². The zero-order valence-corrected chi connectivity index (χ0v) is 14.2. The molecular formula is C18H14BrN3O2. The number of carbonyl (C=O) groups excluding carboxylic acids is 1. The topological polar surface area (TPSA) is 80.6 Å². The molecule has 0 aliphatic heterocycles. The van der Waals surface area contributed by atoms with E-state index in [1.165, 1.54) is 6.21 Å². The van der Waals surface area contributed by atoms with Gasteiger partial charge < -0.3 is 10.2 Å². The molecule has 0 atom stereocenters. The maximum atomic E-state index is 12.0. The molecule has 5 nitrogen and oxygen atoms in total. The molecule has 0 aliphatic carbocycles. The molecule has 3 N–H and O–H groups in total. The number of nitrogen functional groups attached to an aromatic ring is 1. The molecular weight excluding hydrogens is 370 g/mol. The van der Waals surface area contributed by atoms with Crippen molar-refractivity contribution in [2.24, 2.45) is 5.10 Å². The largest absolute Gasteiger partial charge is 0.455 e. The van der Waals surface area contributed by atoms with Gasteiger partial charge in [-0.15, -0.1) is 0 Å². The molecule has 0 saturated carbocycles. The molecule has 120 valence electrons. The van der Waals surface area contributed by atoms with Gasteiger partial charge in [-0.05, 0) is 36.4 Å². The number of hydrazone groups is 1. The number of furan rings is 1. The van der Waals surface area contributed by atoms with Gasteiger partial charge in [-0.1, -0.05) is 40.2 Å². The summed E-state index contributed by atoms with van der Waals surface area (Å²) in [4.78, 5) is 12.0. The number of anilines is 1. The van der Waals surface area contributed by atoms with Crippen molar-refractivity contribution in [2.75, 3.05) is 5.73 Å². The molecule has 3 aromatic rings. The third kappa shape index (κ3) is 3.72. The molecule has 0 unspecified atom stereocenters. The normalized spacial score (nSPS) is 10.9. The number of nitrogens with two attached hydrogens (primary N) is 1. The predicted molar refractivity (Wildman–Crippen MR) is 97.8 cm³/mol. The smallest absolute Gasteiger partial charge is 0.273 e. The number of nitrogens with zero attached hydrogens (tertiary/aromatic N) is 1. The van der Waals surface area contributed by atoms with Crippen LogP contribution >= 0.6 is 15.9 Å². The Morgan fingerprint density at radius 1 is 1.08 bits per heavy atom. The summed E-state index contributed by atoms with van der Waals surface area (Å²) in [5, 5.41) is 3.90. The molecule has 0 radical (unpaired) electrons. The van der Waals surface area contributed by atoms with Crippen LogP contribution in [0.25, 0.3) is 11.3 Å². The van der Waals surface area contributed by atoms with Crippen molar-refractivity contribution < 1.29 is 9.21 Å². The van der Waals surface area contributed by atoms with Crippen molar-refractivity contribution in [3.05, 3.63) is 76.5 Å². The third-order valence-corrected chi connectivity index (χ3v) is 3.85. The SMILES string of the molecule is Nc1ccccc1C(=O)N/N=C\c1ccc(-c2ccc(Br)cc2)o1. The Morgan fingerprint density at radius 3 is 2.58 bits per heavy atom. The average Bonchev–Trinajstić information content (AvgIpc) is 3.04. The zero-order valence-electron chi connectivity index (χ0n) is 12.6. The summed E-state index contributed by atoms with van der Waals surface area (Å²) in [5.74, 6) is 0.890. The summed E-state index contributed by atoms with van der Waals surface area (Å²) in [6.45, 7) is 0. The van der Waals surface area contributed by atoms with E-state index in [1.54, 1.807) is 30.3 Å². The highest BCUT2D eigenvalue weighted by Crippen LogP contribution is 2.23. The summed E-state index contributed by atoms with van der Waals surface area (Å²) in [6.07, 6.45) is 1.44. The molecule has 0 bridgehead atoms. The highest BCUT2D eigenvalue weighted by molar-refractivity contribution is 9.10. The Bertz CT molecular complexity index is 885. The first-order chi connectivity index (χ1) is 11.6. The van der Waals surface area contributed by atoms with Crippen molar-refractivity contribution in [3.63, 3.8) is 0 Å². The summed E-state index contributed by atoms with van der Waals surface area (Å²) in [6, 6.07) is 18.2. The number of amides is 1. The van der Waals surface area contributed by atoms with Gasteiger partial charge in [-0.25, -0.2) is 5.43 Å². The Hall–Kier alpha value is -2.86. The molecule has 0 aliphatic rings. The predicted octanol–water partition coefficient (Wildman–Crippen LogP) is 4.06. The van der Waals surface area contributed by atoms with Crippen molar-refractivity contribution >= 4 is 33.7 Å². The number of nitrogens with one attached hydrogen (secondary N) is 1. The molecule has 3 rings (SSSR count). The van der Waals surface area contributed by atoms with Gasteiger partial charge in [0.15, 0.2) is 0 Å². The van der Waals surface area contributed by atoms with Crippen LogP contribution in [-0.2, 0) is 0 Å². The number of para-hydroxylation sites is 1. The van der Waals surface area contributed by atoms with E-state index in [-0.39, 0.29) is 5.91 Å². The van der Waals surface area contributed by atoms with Crippen LogP contribution in [0.3, 0.4) is 0 Å². The number of rotatable bonds is 4. The molecule has 1 amide bonds. The lowest BCUT2D eigenvalue weighted by atomic mass is 10.2. The maximum absolute atomic E-state index is 12.0. The van der Waals surface area contributed by atoms with Crippen LogP contribution in [0.1, 0.15) is 16.1 Å². The highest BCUT2D eigenvalue weighted by Gasteiger charge is 2.07. The third-order valence-electron chi connectivity index (χ3n) is 3.32. The van der Waals surface area contributed by atoms with E-state index in [4.69, 9.17) is 10.2 Å². The second-order valence-corrected chi connectivity index (χ2v) is 5.91. The Balaban J connectivity index is 1.66. The van der Waals surface area contributed by atoms with Gasteiger partial charge in [-0.3, -0.25) is 4.79 Å². The molecule has 0 spiro atoms. The van der Waals surface area contributed by atoms with Gasteiger partial charge in [0.1, 0.15) is 11.5 Å². The summed E-state index contributed by atoms with van der Waals surface area (Å²) < 4.78 is 6.68. The minimum Gasteiger partial charge on any atom is -0.455 e. The minimum atomic E-state index is -0.371. The van der Waals surface area contributed by atoms with Crippen molar-refractivity contribution in [1.29, 1.82) is 0 Å². The molecule has 6 heteroatoms. The highest BCUT2D eigenvalue weighted by atomic mass is 79.9. The van der Waals surface area contributed by atoms with Gasteiger partial charge in [0.25, 0.3) is 5.91 Å². The van der Waals surface area contributed by atoms with Gasteiger partial charge >= 0.3 is 0 Å². The Labute approximate surface area is 147 Å². The zero-order chi connectivity index (χ0) is 16.9. The number of hydrogen-bond acceptors (Lipinski definition) is 4. The van der Waals surface area contributed by atoms with Gasteiger partial charge in [0.05, 0.1) is 11.8 Å². The van der Waals surface area contributed by atoms with E-state index in [9.17, 15) is 4.79 Å². The minimum absolute atomic E-state index is 0.371. The second kappa shape index (κ2) is 7.14. The number of hydrogen-bond donors (Lipinski definition) is 2. The summed E-state index contributed by atoms with van der Waals surface area (Å²) in [7, 11) is 0. The van der Waals surface area contributed by atoms with Crippen LogP contribution in [-0.4, -0.2) is 12.1 Å². The van der Waals surface area contributed by atoms with E-state index < -0.39 is 0 Å². The second-order valence-electron chi connectivity index (χ2n) is 5.00. The van der Waals surface area contributed by atoms with Crippen molar-refractivity contribution in [1.82, 2.24) is 5.43 Å². The molecule has 1 heterocycles. The Morgan fingerprint density at radius 2 is 1.83 bits per heavy atom. The van der Waals surface area contributed by atoms with Crippen LogP contribution < -0.4 is 11.2 Å². The number of carbonyl (C=O) groups is 1. The standard InChI is InChI=1S/C18H14BrN3O2/c19-13-7-5-12(6-8-13)17-10-9-14(24-17)11-21-22-18(23)15-3-1-2-4-16(15)20/h1-11H,20H2,(H,22,23)/b21-11-. The summed E-state index contributed by atoms with van der Waals surface area (Å²) >= 11 is 3.39. The Kier molecular flexibility index (Phi) is 4.77.